The van der Waals surface area contributed by atoms with Crippen molar-refractivity contribution in [3.05, 3.63) is 51.8 Å². The van der Waals surface area contributed by atoms with E-state index in [9.17, 15) is 4.79 Å². The van der Waals surface area contributed by atoms with Gasteiger partial charge in [-0.05, 0) is 38.1 Å². The van der Waals surface area contributed by atoms with Crippen LogP contribution in [0.1, 0.15) is 35.9 Å². The zero-order valence-electron chi connectivity index (χ0n) is 11.2. The molecular weight excluding hydrogens is 297 g/mol. The monoisotopic (exact) mass is 311 g/mol. The van der Waals surface area contributed by atoms with E-state index in [0.717, 1.165) is 12.2 Å². The topological polar surface area (TPSA) is 46.9 Å². The lowest BCUT2D eigenvalue weighted by atomic mass is 10.2. The van der Waals surface area contributed by atoms with E-state index in [0.29, 0.717) is 15.6 Å². The Bertz CT molecular complexity index is 625. The first-order valence-corrected chi connectivity index (χ1v) is 7.06. The fourth-order valence-corrected chi connectivity index (χ4v) is 2.30. The van der Waals surface area contributed by atoms with Crippen LogP contribution < -0.4 is 5.32 Å². The van der Waals surface area contributed by atoms with Gasteiger partial charge in [0.1, 0.15) is 0 Å². The fourth-order valence-electron chi connectivity index (χ4n) is 1.81. The van der Waals surface area contributed by atoms with Crippen molar-refractivity contribution in [1.82, 2.24) is 15.1 Å². The van der Waals surface area contributed by atoms with Crippen LogP contribution in [-0.2, 0) is 6.54 Å². The number of carbonyl (C=O) groups is 1. The Morgan fingerprint density at radius 2 is 2.15 bits per heavy atom. The number of nitrogens with one attached hydrogen (secondary N) is 1. The molecule has 0 spiro atoms. The summed E-state index contributed by atoms with van der Waals surface area (Å²) >= 11 is 11.8. The molecule has 0 aliphatic carbocycles. The molecule has 0 saturated heterocycles. The summed E-state index contributed by atoms with van der Waals surface area (Å²) in [5, 5.41) is 8.06. The number of carbonyl (C=O) groups excluding carboxylic acids is 1. The van der Waals surface area contributed by atoms with Crippen LogP contribution >= 0.6 is 23.2 Å². The summed E-state index contributed by atoms with van der Waals surface area (Å²) in [4.78, 5) is 12.2. The molecule has 2 aromatic rings. The van der Waals surface area contributed by atoms with E-state index < -0.39 is 0 Å². The summed E-state index contributed by atoms with van der Waals surface area (Å²) in [6.45, 7) is 4.68. The summed E-state index contributed by atoms with van der Waals surface area (Å²) in [6.07, 6.45) is 1.88. The molecule has 1 unspecified atom stereocenters. The molecule has 6 heteroatoms. The van der Waals surface area contributed by atoms with Crippen molar-refractivity contribution in [2.24, 2.45) is 0 Å². The van der Waals surface area contributed by atoms with Gasteiger partial charge >= 0.3 is 0 Å². The van der Waals surface area contributed by atoms with Gasteiger partial charge in [0.2, 0.25) is 0 Å². The molecule has 0 fully saturated rings. The van der Waals surface area contributed by atoms with Crippen LogP contribution in [-0.4, -0.2) is 15.7 Å². The largest absolute Gasteiger partial charge is 0.344 e. The smallest absolute Gasteiger partial charge is 0.253 e. The Morgan fingerprint density at radius 1 is 1.40 bits per heavy atom. The third-order valence-corrected chi connectivity index (χ3v) is 3.50. The van der Waals surface area contributed by atoms with Crippen LogP contribution in [0.5, 0.6) is 0 Å². The van der Waals surface area contributed by atoms with Crippen molar-refractivity contribution in [2.75, 3.05) is 0 Å². The predicted molar refractivity (Wildman–Crippen MR) is 80.2 cm³/mol. The molecule has 0 aliphatic rings. The zero-order chi connectivity index (χ0) is 14.7. The van der Waals surface area contributed by atoms with E-state index in [4.69, 9.17) is 23.2 Å². The fraction of sp³-hybridized carbons (Fsp3) is 0.286. The van der Waals surface area contributed by atoms with Crippen LogP contribution in [0.2, 0.25) is 10.0 Å². The Labute approximate surface area is 127 Å². The number of nitrogens with zero attached hydrogens (tertiary/aromatic N) is 2. The molecule has 1 heterocycles. The number of hydrogen-bond acceptors (Lipinski definition) is 2. The first-order chi connectivity index (χ1) is 9.51. The van der Waals surface area contributed by atoms with E-state index in [1.165, 1.54) is 0 Å². The van der Waals surface area contributed by atoms with Gasteiger partial charge in [0.25, 0.3) is 5.91 Å². The van der Waals surface area contributed by atoms with Crippen LogP contribution in [0.4, 0.5) is 0 Å². The Hall–Kier alpha value is -1.52. The highest BCUT2D eigenvalue weighted by Crippen LogP contribution is 2.21. The third-order valence-electron chi connectivity index (χ3n) is 2.95. The van der Waals surface area contributed by atoms with Crippen LogP contribution in [0.3, 0.4) is 0 Å². The maximum absolute atomic E-state index is 12.2. The molecule has 1 N–H and O–H groups in total. The molecule has 1 amide bonds. The van der Waals surface area contributed by atoms with E-state index in [-0.39, 0.29) is 11.9 Å². The minimum atomic E-state index is -0.245. The molecule has 20 heavy (non-hydrogen) atoms. The van der Waals surface area contributed by atoms with Crippen molar-refractivity contribution in [3.63, 3.8) is 0 Å². The second-order valence-electron chi connectivity index (χ2n) is 4.42. The summed E-state index contributed by atoms with van der Waals surface area (Å²) in [5.41, 5.74) is 1.21. The van der Waals surface area contributed by atoms with E-state index >= 15 is 0 Å². The Morgan fingerprint density at radius 3 is 2.75 bits per heavy atom. The second kappa shape index (κ2) is 6.29. The highest BCUT2D eigenvalue weighted by molar-refractivity contribution is 6.36. The van der Waals surface area contributed by atoms with Gasteiger partial charge < -0.3 is 5.32 Å². The number of rotatable bonds is 4. The molecule has 0 aliphatic heterocycles. The third kappa shape index (κ3) is 3.32. The minimum Gasteiger partial charge on any atom is -0.344 e. The Balaban J connectivity index is 2.10. The van der Waals surface area contributed by atoms with Gasteiger partial charge in [-0.2, -0.15) is 5.10 Å². The Kier molecular flexibility index (Phi) is 4.68. The molecule has 4 nitrogen and oxygen atoms in total. The number of benzene rings is 1. The van der Waals surface area contributed by atoms with Crippen molar-refractivity contribution in [1.29, 1.82) is 0 Å². The lowest BCUT2D eigenvalue weighted by molar-refractivity contribution is 0.0939. The number of hydrogen-bond donors (Lipinski definition) is 1. The normalized spacial score (nSPS) is 12.2. The molecule has 0 bridgehead atoms. The minimum absolute atomic E-state index is 0.193. The summed E-state index contributed by atoms with van der Waals surface area (Å²) < 4.78 is 1.81. The number of amides is 1. The molecule has 106 valence electrons. The lowest BCUT2D eigenvalue weighted by Crippen LogP contribution is -2.27. The van der Waals surface area contributed by atoms with E-state index in [1.807, 2.05) is 30.8 Å². The molecule has 1 aromatic carbocycles. The number of aromatic nitrogens is 2. The van der Waals surface area contributed by atoms with Crippen molar-refractivity contribution < 1.29 is 4.79 Å². The highest BCUT2D eigenvalue weighted by Gasteiger charge is 2.16. The maximum Gasteiger partial charge on any atom is 0.253 e. The molecule has 0 saturated carbocycles. The SMILES string of the molecule is CCn1ccc(C(C)NC(=O)c2ccc(Cl)cc2Cl)n1. The first-order valence-electron chi connectivity index (χ1n) is 6.30. The van der Waals surface area contributed by atoms with Gasteiger partial charge in [0.15, 0.2) is 0 Å². The highest BCUT2D eigenvalue weighted by atomic mass is 35.5. The summed E-state index contributed by atoms with van der Waals surface area (Å²) in [6, 6.07) is 6.49. The summed E-state index contributed by atoms with van der Waals surface area (Å²) in [5.74, 6) is -0.245. The van der Waals surface area contributed by atoms with Crippen molar-refractivity contribution in [3.8, 4) is 0 Å². The van der Waals surface area contributed by atoms with E-state index in [2.05, 4.69) is 10.4 Å². The second-order valence-corrected chi connectivity index (χ2v) is 5.26. The summed E-state index contributed by atoms with van der Waals surface area (Å²) in [7, 11) is 0. The van der Waals surface area contributed by atoms with Crippen molar-refractivity contribution >= 4 is 29.1 Å². The number of aryl methyl sites for hydroxylation is 1. The molecule has 1 atom stereocenters. The van der Waals surface area contributed by atoms with Gasteiger partial charge in [-0.15, -0.1) is 0 Å². The van der Waals surface area contributed by atoms with Crippen LogP contribution in [0.15, 0.2) is 30.5 Å². The van der Waals surface area contributed by atoms with Crippen LogP contribution in [0, 0.1) is 0 Å². The van der Waals surface area contributed by atoms with Gasteiger partial charge in [-0.1, -0.05) is 23.2 Å². The van der Waals surface area contributed by atoms with E-state index in [1.54, 1.807) is 18.2 Å². The maximum atomic E-state index is 12.2. The van der Waals surface area contributed by atoms with Gasteiger partial charge in [-0.25, -0.2) is 0 Å². The van der Waals surface area contributed by atoms with Gasteiger partial charge in [0.05, 0.1) is 22.3 Å². The predicted octanol–water partition coefficient (Wildman–Crippen LogP) is 3.70. The molecule has 0 radical (unpaired) electrons. The zero-order valence-corrected chi connectivity index (χ0v) is 12.7. The standard InChI is InChI=1S/C14H15Cl2N3O/c1-3-19-7-6-13(18-19)9(2)17-14(20)11-5-4-10(15)8-12(11)16/h4-9H,3H2,1-2H3,(H,17,20). The molecular formula is C14H15Cl2N3O. The first kappa shape index (κ1) is 14.9. The average molecular weight is 312 g/mol. The molecule has 2 rings (SSSR count). The molecule has 1 aromatic heterocycles. The van der Waals surface area contributed by atoms with Crippen molar-refractivity contribution in [2.45, 2.75) is 26.4 Å². The number of halogens is 2. The lowest BCUT2D eigenvalue weighted by Gasteiger charge is -2.12. The van der Waals surface area contributed by atoms with Gasteiger partial charge in [-0.3, -0.25) is 9.48 Å². The quantitative estimate of drug-likeness (QED) is 0.935. The van der Waals surface area contributed by atoms with Gasteiger partial charge in [0, 0.05) is 17.8 Å². The van der Waals surface area contributed by atoms with Crippen LogP contribution in [0.25, 0.3) is 0 Å². The average Bonchev–Trinajstić information content (AvgIpc) is 2.87.